The lowest BCUT2D eigenvalue weighted by molar-refractivity contribution is 0.313. The van der Waals surface area contributed by atoms with E-state index >= 15 is 0 Å². The maximum Gasteiger partial charge on any atom is 0.224 e. The van der Waals surface area contributed by atoms with Crippen molar-refractivity contribution in [1.29, 1.82) is 0 Å². The van der Waals surface area contributed by atoms with Gasteiger partial charge in [0.1, 0.15) is 17.7 Å². The van der Waals surface area contributed by atoms with Crippen molar-refractivity contribution in [3.05, 3.63) is 5.69 Å². The van der Waals surface area contributed by atoms with Gasteiger partial charge in [-0.1, -0.05) is 13.3 Å². The predicted molar refractivity (Wildman–Crippen MR) is 63.9 cm³/mol. The highest BCUT2D eigenvalue weighted by Gasteiger charge is 2.21. The average molecular weight is 241 g/mol. The Balaban J connectivity index is 2.77. The van der Waals surface area contributed by atoms with Gasteiger partial charge in [-0.25, -0.2) is 9.07 Å². The largest absolute Gasteiger partial charge is 0.383 e. The van der Waals surface area contributed by atoms with E-state index in [9.17, 15) is 4.39 Å². The van der Waals surface area contributed by atoms with Crippen molar-refractivity contribution < 1.29 is 8.50 Å². The van der Waals surface area contributed by atoms with E-state index in [0.29, 0.717) is 11.1 Å². The molecule has 0 radical (unpaired) electrons. The molecule has 0 saturated carbocycles. The Labute approximate surface area is 102 Å². The van der Waals surface area contributed by atoms with Crippen molar-refractivity contribution >= 4 is 22.8 Å². The molecule has 0 aliphatic carbocycles. The van der Waals surface area contributed by atoms with E-state index in [-0.39, 0.29) is 34.9 Å². The van der Waals surface area contributed by atoms with Crippen LogP contribution in [0.25, 0.3) is 11.0 Å². The van der Waals surface area contributed by atoms with Gasteiger partial charge in [-0.2, -0.15) is 15.1 Å². The number of hydrogen-bond acceptors (Lipinski definition) is 5. The molecule has 0 saturated heterocycles. The molecule has 0 aliphatic heterocycles. The molecular weight excluding hydrogens is 223 g/mol. The number of alkyl halides is 1. The second-order valence-electron chi connectivity index (χ2n) is 3.72. The summed E-state index contributed by atoms with van der Waals surface area (Å²) in [6, 6.07) is 0. The summed E-state index contributed by atoms with van der Waals surface area (Å²) in [5.41, 5.74) is 11.0. The first kappa shape index (κ1) is 8.21. The first-order valence-corrected chi connectivity index (χ1v) is 5.21. The SMILES string of the molecule is [2H]C([2H])([2H])n1nc(C(F)CCC)c2c(N)nc(N)nc21. The standard InChI is InChI=1S/C10H15FN6/c1-3-4-5(11)7-6-8(12)14-10(13)15-9(6)17(2)16-7/h5H,3-4H2,1-2H3,(H4,12,13,14,15)/i2D3. The Morgan fingerprint density at radius 1 is 1.47 bits per heavy atom. The predicted octanol–water partition coefficient (Wildman–Crippen LogP) is 1.34. The number of fused-ring (bicyclic) bond motifs is 1. The average Bonchev–Trinajstić information content (AvgIpc) is 2.68. The van der Waals surface area contributed by atoms with Gasteiger partial charge in [0.2, 0.25) is 5.95 Å². The summed E-state index contributed by atoms with van der Waals surface area (Å²) in [6.07, 6.45) is -0.642. The number of halogens is 1. The third kappa shape index (κ3) is 1.88. The highest BCUT2D eigenvalue weighted by Crippen LogP contribution is 2.31. The first-order valence-electron chi connectivity index (χ1n) is 6.71. The van der Waals surface area contributed by atoms with E-state index in [1.807, 2.05) is 6.92 Å². The monoisotopic (exact) mass is 241 g/mol. The molecule has 0 spiro atoms. The van der Waals surface area contributed by atoms with Gasteiger partial charge in [0, 0.05) is 11.1 Å². The molecule has 0 fully saturated rings. The van der Waals surface area contributed by atoms with Crippen LogP contribution in [0.1, 0.15) is 35.7 Å². The lowest BCUT2D eigenvalue weighted by Crippen LogP contribution is -2.02. The number of nitrogens with zero attached hydrogens (tertiary/aromatic N) is 4. The lowest BCUT2D eigenvalue weighted by atomic mass is 10.1. The number of rotatable bonds is 3. The molecule has 2 aromatic heterocycles. The van der Waals surface area contributed by atoms with Crippen LogP contribution in [0.2, 0.25) is 0 Å². The Morgan fingerprint density at radius 2 is 2.24 bits per heavy atom. The third-order valence-electron chi connectivity index (χ3n) is 2.44. The number of nitrogen functional groups attached to an aromatic ring is 2. The van der Waals surface area contributed by atoms with Crippen molar-refractivity contribution in [3.8, 4) is 0 Å². The Hall–Kier alpha value is -1.92. The van der Waals surface area contributed by atoms with Crippen molar-refractivity contribution in [2.45, 2.75) is 25.9 Å². The van der Waals surface area contributed by atoms with Crippen LogP contribution in [0.4, 0.5) is 16.2 Å². The van der Waals surface area contributed by atoms with Crippen LogP contribution in [-0.2, 0) is 6.98 Å². The topological polar surface area (TPSA) is 95.6 Å². The summed E-state index contributed by atoms with van der Waals surface area (Å²) >= 11 is 0. The lowest BCUT2D eigenvalue weighted by Gasteiger charge is -2.04. The van der Waals surface area contributed by atoms with Crippen LogP contribution in [-0.4, -0.2) is 19.7 Å². The minimum atomic E-state index is -2.60. The van der Waals surface area contributed by atoms with Gasteiger partial charge in [-0.15, -0.1) is 0 Å². The quantitative estimate of drug-likeness (QED) is 0.845. The Kier molecular flexibility index (Phi) is 2.01. The molecule has 0 aromatic carbocycles. The zero-order valence-electron chi connectivity index (χ0n) is 12.3. The van der Waals surface area contributed by atoms with E-state index in [1.165, 1.54) is 0 Å². The van der Waals surface area contributed by atoms with Gasteiger partial charge >= 0.3 is 0 Å². The van der Waals surface area contributed by atoms with E-state index in [0.717, 1.165) is 0 Å². The zero-order valence-corrected chi connectivity index (χ0v) is 9.31. The van der Waals surface area contributed by atoms with Crippen LogP contribution in [0.3, 0.4) is 0 Å². The summed E-state index contributed by atoms with van der Waals surface area (Å²) < 4.78 is 37.1. The second kappa shape index (κ2) is 4.15. The first-order chi connectivity index (χ1) is 9.25. The normalized spacial score (nSPS) is 16.5. The van der Waals surface area contributed by atoms with Crippen LogP contribution in [0, 0.1) is 0 Å². The molecule has 4 N–H and O–H groups in total. The molecule has 17 heavy (non-hydrogen) atoms. The molecule has 2 rings (SSSR count). The molecule has 0 bridgehead atoms. The van der Waals surface area contributed by atoms with Crippen LogP contribution >= 0.6 is 0 Å². The maximum absolute atomic E-state index is 14.1. The van der Waals surface area contributed by atoms with E-state index < -0.39 is 13.1 Å². The summed E-state index contributed by atoms with van der Waals surface area (Å²) in [5.74, 6) is -0.255. The second-order valence-corrected chi connectivity index (χ2v) is 3.72. The highest BCUT2D eigenvalue weighted by molar-refractivity contribution is 5.89. The fourth-order valence-corrected chi connectivity index (χ4v) is 1.70. The molecule has 0 amide bonds. The van der Waals surface area contributed by atoms with Gasteiger partial charge in [-0.3, -0.25) is 0 Å². The summed E-state index contributed by atoms with van der Waals surface area (Å²) in [6.45, 7) is -0.789. The smallest absolute Gasteiger partial charge is 0.224 e. The molecular formula is C10H15FN6. The zero-order chi connectivity index (χ0) is 15.1. The van der Waals surface area contributed by atoms with Crippen molar-refractivity contribution in [1.82, 2.24) is 19.7 Å². The van der Waals surface area contributed by atoms with Crippen molar-refractivity contribution in [2.75, 3.05) is 11.5 Å². The number of aryl methyl sites for hydroxylation is 1. The van der Waals surface area contributed by atoms with Crippen molar-refractivity contribution in [3.63, 3.8) is 0 Å². The Bertz CT molecular complexity index is 638. The fraction of sp³-hybridized carbons (Fsp3) is 0.500. The Morgan fingerprint density at radius 3 is 2.88 bits per heavy atom. The maximum atomic E-state index is 14.1. The summed E-state index contributed by atoms with van der Waals surface area (Å²) in [5, 5.41) is 3.93. The minimum Gasteiger partial charge on any atom is -0.383 e. The number of aromatic nitrogens is 4. The molecule has 2 heterocycles. The van der Waals surface area contributed by atoms with Crippen LogP contribution < -0.4 is 11.5 Å². The third-order valence-corrected chi connectivity index (χ3v) is 2.44. The molecule has 6 nitrogen and oxygen atoms in total. The van der Waals surface area contributed by atoms with Crippen LogP contribution in [0.15, 0.2) is 0 Å². The number of anilines is 2. The summed E-state index contributed by atoms with van der Waals surface area (Å²) in [4.78, 5) is 7.57. The van der Waals surface area contributed by atoms with Gasteiger partial charge in [0.05, 0.1) is 5.39 Å². The van der Waals surface area contributed by atoms with Gasteiger partial charge in [0.15, 0.2) is 5.65 Å². The molecule has 1 atom stereocenters. The van der Waals surface area contributed by atoms with E-state index in [1.54, 1.807) is 0 Å². The minimum absolute atomic E-state index is 0.0597. The number of nitrogens with two attached hydrogens (primary N) is 2. The highest BCUT2D eigenvalue weighted by atomic mass is 19.1. The van der Waals surface area contributed by atoms with Gasteiger partial charge in [0.25, 0.3) is 0 Å². The number of hydrogen-bond donors (Lipinski definition) is 2. The molecule has 92 valence electrons. The fourth-order valence-electron chi connectivity index (χ4n) is 1.70. The van der Waals surface area contributed by atoms with Crippen LogP contribution in [0.5, 0.6) is 0 Å². The molecule has 1 unspecified atom stereocenters. The molecule has 7 heteroatoms. The van der Waals surface area contributed by atoms with E-state index in [2.05, 4.69) is 15.1 Å². The van der Waals surface area contributed by atoms with E-state index in [4.69, 9.17) is 15.6 Å². The molecule has 2 aromatic rings. The summed E-state index contributed by atoms with van der Waals surface area (Å²) in [7, 11) is 0. The van der Waals surface area contributed by atoms with Gasteiger partial charge < -0.3 is 11.5 Å². The molecule has 0 aliphatic rings. The van der Waals surface area contributed by atoms with Gasteiger partial charge in [-0.05, 0) is 6.42 Å². The van der Waals surface area contributed by atoms with Crippen molar-refractivity contribution in [2.24, 2.45) is 6.98 Å².